The molecule has 7 nitrogen and oxygen atoms in total. The van der Waals surface area contributed by atoms with Crippen molar-refractivity contribution in [1.82, 2.24) is 10.2 Å². The van der Waals surface area contributed by atoms with Gasteiger partial charge in [-0.15, -0.1) is 6.58 Å². The second-order valence-electron chi connectivity index (χ2n) is 9.90. The Morgan fingerprint density at radius 2 is 1.74 bits per heavy atom. The van der Waals surface area contributed by atoms with Crippen molar-refractivity contribution in [3.05, 3.63) is 72.3 Å². The summed E-state index contributed by atoms with van der Waals surface area (Å²) < 4.78 is 5.62. The van der Waals surface area contributed by atoms with Gasteiger partial charge in [-0.05, 0) is 46.9 Å². The van der Waals surface area contributed by atoms with Crippen LogP contribution < -0.4 is 5.32 Å². The summed E-state index contributed by atoms with van der Waals surface area (Å²) in [5.74, 6) is -1.53. The molecule has 1 saturated heterocycles. The Morgan fingerprint density at radius 3 is 2.31 bits per heavy atom. The summed E-state index contributed by atoms with van der Waals surface area (Å²) in [6.07, 6.45) is 2.36. The van der Waals surface area contributed by atoms with Gasteiger partial charge in [0.2, 0.25) is 5.91 Å². The van der Waals surface area contributed by atoms with E-state index in [0.717, 1.165) is 22.3 Å². The number of carbonyl (C=O) groups excluding carboxylic acids is 2. The number of fused-ring (bicyclic) bond motifs is 3. The summed E-state index contributed by atoms with van der Waals surface area (Å²) in [7, 11) is 0. The van der Waals surface area contributed by atoms with Gasteiger partial charge in [0.25, 0.3) is 0 Å². The molecule has 0 aromatic heterocycles. The van der Waals surface area contributed by atoms with E-state index in [-0.39, 0.29) is 12.5 Å². The molecule has 2 unspecified atom stereocenters. The van der Waals surface area contributed by atoms with Crippen LogP contribution in [-0.4, -0.2) is 53.2 Å². The molecule has 1 heterocycles. The van der Waals surface area contributed by atoms with Gasteiger partial charge in [0.1, 0.15) is 18.7 Å². The van der Waals surface area contributed by atoms with Crippen LogP contribution in [0, 0.1) is 5.41 Å². The number of nitrogens with one attached hydrogen (secondary N) is 1. The van der Waals surface area contributed by atoms with E-state index in [4.69, 9.17) is 4.74 Å². The number of hydrogen-bond donors (Lipinski definition) is 2. The highest BCUT2D eigenvalue weighted by Gasteiger charge is 2.48. The van der Waals surface area contributed by atoms with Gasteiger partial charge in [-0.3, -0.25) is 4.79 Å². The van der Waals surface area contributed by atoms with E-state index in [1.165, 1.54) is 4.90 Å². The summed E-state index contributed by atoms with van der Waals surface area (Å²) in [5.41, 5.74) is 3.92. The summed E-state index contributed by atoms with van der Waals surface area (Å²) in [6.45, 7) is 7.86. The molecule has 2 aliphatic rings. The molecule has 2 aromatic rings. The minimum absolute atomic E-state index is 0.0914. The van der Waals surface area contributed by atoms with Crippen LogP contribution >= 0.6 is 0 Å². The van der Waals surface area contributed by atoms with Crippen molar-refractivity contribution >= 4 is 18.0 Å². The zero-order chi connectivity index (χ0) is 25.2. The first-order chi connectivity index (χ1) is 16.7. The van der Waals surface area contributed by atoms with Crippen LogP contribution in [0.5, 0.6) is 0 Å². The second-order valence-corrected chi connectivity index (χ2v) is 9.90. The Kier molecular flexibility index (Phi) is 6.96. The monoisotopic (exact) mass is 476 g/mol. The van der Waals surface area contributed by atoms with E-state index >= 15 is 0 Å². The maximum absolute atomic E-state index is 13.3. The van der Waals surface area contributed by atoms with Gasteiger partial charge in [-0.2, -0.15) is 0 Å². The van der Waals surface area contributed by atoms with Crippen LogP contribution in [0.1, 0.15) is 50.2 Å². The Bertz CT molecular complexity index is 1100. The van der Waals surface area contributed by atoms with Gasteiger partial charge in [-0.25, -0.2) is 9.59 Å². The molecule has 4 rings (SSSR count). The predicted octanol–water partition coefficient (Wildman–Crippen LogP) is 4.57. The van der Waals surface area contributed by atoms with Crippen molar-refractivity contribution in [2.45, 2.75) is 51.1 Å². The largest absolute Gasteiger partial charge is 0.480 e. The van der Waals surface area contributed by atoms with E-state index in [1.54, 1.807) is 6.08 Å². The Balaban J connectivity index is 1.46. The molecule has 2 atom stereocenters. The molecule has 0 bridgehead atoms. The number of carboxylic acids is 1. The first-order valence-corrected chi connectivity index (χ1v) is 12.0. The standard InChI is InChI=1S/C28H32N2O5/c1-4-5-14-23(25(31)30-16-15-28(2,3)24(30)26(32)33)29-27(34)35-17-22-20-12-8-6-10-18(20)19-11-7-9-13-21(19)22/h4,6-13,22-24H,1,5,14-17H2,2-3H3,(H,29,34)(H,32,33). The molecule has 1 aliphatic heterocycles. The van der Waals surface area contributed by atoms with Gasteiger partial charge in [0, 0.05) is 12.5 Å². The fourth-order valence-corrected chi connectivity index (χ4v) is 5.33. The van der Waals surface area contributed by atoms with E-state index in [1.807, 2.05) is 50.2 Å². The average molecular weight is 477 g/mol. The maximum Gasteiger partial charge on any atom is 0.407 e. The van der Waals surface area contributed by atoms with Crippen molar-refractivity contribution in [2.75, 3.05) is 13.2 Å². The van der Waals surface area contributed by atoms with Gasteiger partial charge in [0.15, 0.2) is 0 Å². The number of carboxylic acid groups (broad SMARTS) is 1. The predicted molar refractivity (Wildman–Crippen MR) is 133 cm³/mol. The first-order valence-electron chi connectivity index (χ1n) is 12.0. The molecule has 1 fully saturated rings. The third-order valence-electron chi connectivity index (χ3n) is 7.16. The Labute approximate surface area is 205 Å². The fourth-order valence-electron chi connectivity index (χ4n) is 5.33. The third kappa shape index (κ3) is 4.81. The quantitative estimate of drug-likeness (QED) is 0.544. The molecular formula is C28H32N2O5. The Morgan fingerprint density at radius 1 is 1.14 bits per heavy atom. The van der Waals surface area contributed by atoms with Crippen molar-refractivity contribution in [1.29, 1.82) is 0 Å². The van der Waals surface area contributed by atoms with Crippen molar-refractivity contribution in [2.24, 2.45) is 5.41 Å². The number of alkyl carbamates (subject to hydrolysis) is 1. The lowest BCUT2D eigenvalue weighted by Crippen LogP contribution is -2.54. The summed E-state index contributed by atoms with van der Waals surface area (Å²) in [4.78, 5) is 39.4. The highest BCUT2D eigenvalue weighted by molar-refractivity contribution is 5.90. The summed E-state index contributed by atoms with van der Waals surface area (Å²) in [5, 5.41) is 12.4. The smallest absolute Gasteiger partial charge is 0.407 e. The molecule has 0 spiro atoms. The number of hydrogen-bond acceptors (Lipinski definition) is 4. The van der Waals surface area contributed by atoms with Crippen LogP contribution in [0.4, 0.5) is 4.79 Å². The van der Waals surface area contributed by atoms with Crippen molar-refractivity contribution in [3.8, 4) is 11.1 Å². The van der Waals surface area contributed by atoms with Crippen molar-refractivity contribution < 1.29 is 24.2 Å². The van der Waals surface area contributed by atoms with Gasteiger partial charge < -0.3 is 20.1 Å². The van der Waals surface area contributed by atoms with Crippen molar-refractivity contribution in [3.63, 3.8) is 0 Å². The fraction of sp³-hybridized carbons (Fsp3) is 0.393. The molecule has 2 N–H and O–H groups in total. The lowest BCUT2D eigenvalue weighted by atomic mass is 9.84. The molecule has 1 aliphatic carbocycles. The van der Waals surface area contributed by atoms with Gasteiger partial charge in [0.05, 0.1) is 0 Å². The van der Waals surface area contributed by atoms with Gasteiger partial charge >= 0.3 is 12.1 Å². The topological polar surface area (TPSA) is 95.9 Å². The normalized spacial score (nSPS) is 18.9. The molecule has 0 radical (unpaired) electrons. The number of allylic oxidation sites excluding steroid dienone is 1. The number of nitrogens with zero attached hydrogens (tertiary/aromatic N) is 1. The second kappa shape index (κ2) is 9.94. The number of ether oxygens (including phenoxy) is 1. The van der Waals surface area contributed by atoms with Crippen LogP contribution in [-0.2, 0) is 14.3 Å². The highest BCUT2D eigenvalue weighted by Crippen LogP contribution is 2.44. The first kappa shape index (κ1) is 24.5. The molecule has 35 heavy (non-hydrogen) atoms. The molecule has 0 saturated carbocycles. The third-order valence-corrected chi connectivity index (χ3v) is 7.16. The molecule has 2 aromatic carbocycles. The zero-order valence-electron chi connectivity index (χ0n) is 20.2. The van der Waals surface area contributed by atoms with Crippen LogP contribution in [0.2, 0.25) is 0 Å². The SMILES string of the molecule is C=CCCC(NC(=O)OCC1c2ccccc2-c2ccccc21)C(=O)N1CCC(C)(C)C1C(=O)O. The summed E-state index contributed by atoms with van der Waals surface area (Å²) >= 11 is 0. The minimum Gasteiger partial charge on any atom is -0.480 e. The molecular weight excluding hydrogens is 444 g/mol. The lowest BCUT2D eigenvalue weighted by molar-refractivity contribution is -0.152. The lowest BCUT2D eigenvalue weighted by Gasteiger charge is -2.31. The minimum atomic E-state index is -1.04. The molecule has 7 heteroatoms. The van der Waals surface area contributed by atoms with Crippen LogP contribution in [0.15, 0.2) is 61.2 Å². The average Bonchev–Trinajstić information content (AvgIpc) is 3.33. The van der Waals surface area contributed by atoms with E-state index in [2.05, 4.69) is 24.0 Å². The number of benzene rings is 2. The zero-order valence-corrected chi connectivity index (χ0v) is 20.2. The van der Waals surface area contributed by atoms with Gasteiger partial charge in [-0.1, -0.05) is 68.5 Å². The summed E-state index contributed by atoms with van der Waals surface area (Å²) in [6, 6.07) is 14.3. The van der Waals surface area contributed by atoms with E-state index in [9.17, 15) is 19.5 Å². The number of amides is 2. The van der Waals surface area contributed by atoms with Crippen LogP contribution in [0.25, 0.3) is 11.1 Å². The number of rotatable bonds is 8. The molecule has 2 amide bonds. The number of likely N-dealkylation sites (tertiary alicyclic amines) is 1. The molecule has 184 valence electrons. The van der Waals surface area contributed by atoms with Crippen LogP contribution in [0.3, 0.4) is 0 Å². The Hall–Kier alpha value is -3.61. The number of aliphatic carboxylic acids is 1. The van der Waals surface area contributed by atoms with E-state index in [0.29, 0.717) is 25.8 Å². The highest BCUT2D eigenvalue weighted by atomic mass is 16.5. The maximum atomic E-state index is 13.3. The number of carbonyl (C=O) groups is 3. The van der Waals surface area contributed by atoms with E-state index < -0.39 is 35.5 Å².